The molecule has 1 amide bonds. The molecular weight excluding hydrogens is 302 g/mol. The highest BCUT2D eigenvalue weighted by Gasteiger charge is 2.26. The first-order valence-electron chi connectivity index (χ1n) is 7.22. The fourth-order valence-electron chi connectivity index (χ4n) is 1.82. The Kier molecular flexibility index (Phi) is 7.05. The summed E-state index contributed by atoms with van der Waals surface area (Å²) in [5, 5.41) is 11.7. The number of methoxy groups -OCH3 is 1. The van der Waals surface area contributed by atoms with E-state index < -0.39 is 30.5 Å². The van der Waals surface area contributed by atoms with Gasteiger partial charge in [-0.15, -0.1) is 0 Å². The zero-order chi connectivity index (χ0) is 17.4. The van der Waals surface area contributed by atoms with Gasteiger partial charge in [0, 0.05) is 0 Å². The van der Waals surface area contributed by atoms with Crippen molar-refractivity contribution in [1.29, 1.82) is 0 Å². The van der Waals surface area contributed by atoms with Gasteiger partial charge in [-0.2, -0.15) is 0 Å². The summed E-state index contributed by atoms with van der Waals surface area (Å²) >= 11 is 0. The summed E-state index contributed by atoms with van der Waals surface area (Å²) in [6.45, 7) is 3.19. The molecule has 0 aliphatic heterocycles. The molecule has 7 heteroatoms. The van der Waals surface area contributed by atoms with E-state index in [4.69, 9.17) is 9.84 Å². The van der Waals surface area contributed by atoms with E-state index in [0.717, 1.165) is 0 Å². The first kappa shape index (κ1) is 18.5. The van der Waals surface area contributed by atoms with E-state index in [1.807, 2.05) is 13.8 Å². The van der Waals surface area contributed by atoms with Gasteiger partial charge in [-0.05, 0) is 30.2 Å². The van der Waals surface area contributed by atoms with Crippen LogP contribution in [0, 0.1) is 5.92 Å². The highest BCUT2D eigenvalue weighted by atomic mass is 16.5. The molecule has 0 radical (unpaired) electrons. The second kappa shape index (κ2) is 8.77. The number of ether oxygens (including phenoxy) is 2. The second-order valence-electron chi connectivity index (χ2n) is 5.08. The van der Waals surface area contributed by atoms with Crippen molar-refractivity contribution in [3.05, 3.63) is 29.8 Å². The number of amides is 1. The van der Waals surface area contributed by atoms with Crippen LogP contribution in [0.15, 0.2) is 24.3 Å². The zero-order valence-electron chi connectivity index (χ0n) is 13.4. The molecule has 23 heavy (non-hydrogen) atoms. The average Bonchev–Trinajstić information content (AvgIpc) is 2.56. The number of benzene rings is 1. The van der Waals surface area contributed by atoms with Crippen molar-refractivity contribution in [2.45, 2.75) is 26.3 Å². The van der Waals surface area contributed by atoms with E-state index in [9.17, 15) is 14.4 Å². The van der Waals surface area contributed by atoms with Crippen molar-refractivity contribution >= 4 is 17.8 Å². The van der Waals surface area contributed by atoms with E-state index in [-0.39, 0.29) is 17.2 Å². The van der Waals surface area contributed by atoms with Crippen molar-refractivity contribution in [2.24, 2.45) is 5.92 Å². The molecule has 7 nitrogen and oxygen atoms in total. The monoisotopic (exact) mass is 323 g/mol. The number of carbonyl (C=O) groups excluding carboxylic acids is 3. The van der Waals surface area contributed by atoms with Gasteiger partial charge in [-0.1, -0.05) is 20.3 Å². The van der Waals surface area contributed by atoms with E-state index in [0.29, 0.717) is 6.42 Å². The summed E-state index contributed by atoms with van der Waals surface area (Å²) in [5.74, 6) is -1.92. The SMILES string of the molecule is CCC(C)C(NC(=O)COC(=O)c1ccc(O)cc1)C(=O)OC. The fraction of sp³-hybridized carbons (Fsp3) is 0.438. The van der Waals surface area contributed by atoms with Crippen molar-refractivity contribution in [2.75, 3.05) is 13.7 Å². The molecule has 0 bridgehead atoms. The number of carbonyl (C=O) groups is 3. The molecule has 1 aromatic rings. The van der Waals surface area contributed by atoms with Crippen molar-refractivity contribution in [3.63, 3.8) is 0 Å². The van der Waals surface area contributed by atoms with Crippen LogP contribution in [0.1, 0.15) is 30.6 Å². The molecule has 2 atom stereocenters. The van der Waals surface area contributed by atoms with Gasteiger partial charge >= 0.3 is 11.9 Å². The maximum atomic E-state index is 11.8. The Bertz CT molecular complexity index is 554. The van der Waals surface area contributed by atoms with Gasteiger partial charge in [0.25, 0.3) is 5.91 Å². The molecule has 0 spiro atoms. The number of aromatic hydroxyl groups is 1. The number of esters is 2. The van der Waals surface area contributed by atoms with Gasteiger partial charge in [0.05, 0.1) is 12.7 Å². The van der Waals surface area contributed by atoms with Crippen LogP contribution in [0.2, 0.25) is 0 Å². The minimum atomic E-state index is -0.787. The van der Waals surface area contributed by atoms with Crippen LogP contribution in [0.3, 0.4) is 0 Å². The highest BCUT2D eigenvalue weighted by Crippen LogP contribution is 2.11. The largest absolute Gasteiger partial charge is 0.508 e. The summed E-state index contributed by atoms with van der Waals surface area (Å²) in [7, 11) is 1.24. The van der Waals surface area contributed by atoms with E-state index >= 15 is 0 Å². The second-order valence-corrected chi connectivity index (χ2v) is 5.08. The molecule has 2 N–H and O–H groups in total. The van der Waals surface area contributed by atoms with E-state index in [1.54, 1.807) is 0 Å². The predicted molar refractivity (Wildman–Crippen MR) is 81.8 cm³/mol. The topological polar surface area (TPSA) is 102 Å². The Labute approximate surface area is 134 Å². The number of phenols is 1. The molecule has 1 rings (SSSR count). The molecule has 0 aliphatic rings. The van der Waals surface area contributed by atoms with Crippen LogP contribution in [0.4, 0.5) is 0 Å². The van der Waals surface area contributed by atoms with E-state index in [1.165, 1.54) is 31.4 Å². The summed E-state index contributed by atoms with van der Waals surface area (Å²) < 4.78 is 9.53. The van der Waals surface area contributed by atoms with Crippen molar-refractivity contribution in [3.8, 4) is 5.75 Å². The molecule has 126 valence electrons. The van der Waals surface area contributed by atoms with Crippen molar-refractivity contribution < 1.29 is 29.0 Å². The normalized spacial score (nSPS) is 12.8. The van der Waals surface area contributed by atoms with Gasteiger partial charge < -0.3 is 19.9 Å². The lowest BCUT2D eigenvalue weighted by Gasteiger charge is -2.21. The Hall–Kier alpha value is -2.57. The third kappa shape index (κ3) is 5.61. The number of phenolic OH excluding ortho intramolecular Hbond substituents is 1. The average molecular weight is 323 g/mol. The first-order chi connectivity index (χ1) is 10.9. The van der Waals surface area contributed by atoms with Crippen molar-refractivity contribution in [1.82, 2.24) is 5.32 Å². The number of hydrogen-bond acceptors (Lipinski definition) is 6. The smallest absolute Gasteiger partial charge is 0.338 e. The summed E-state index contributed by atoms with van der Waals surface area (Å²) in [6.07, 6.45) is 0.674. The van der Waals surface area contributed by atoms with E-state index in [2.05, 4.69) is 10.1 Å². The summed E-state index contributed by atoms with van der Waals surface area (Å²) in [6, 6.07) is 4.66. The molecule has 0 heterocycles. The third-order valence-electron chi connectivity index (χ3n) is 3.42. The highest BCUT2D eigenvalue weighted by molar-refractivity contribution is 5.92. The van der Waals surface area contributed by atoms with Crippen LogP contribution in [0.5, 0.6) is 5.75 Å². The van der Waals surface area contributed by atoms with Crippen LogP contribution in [0.25, 0.3) is 0 Å². The van der Waals surface area contributed by atoms with Gasteiger partial charge in [-0.3, -0.25) is 4.79 Å². The zero-order valence-corrected chi connectivity index (χ0v) is 13.4. The Balaban J connectivity index is 2.56. The Morgan fingerprint density at radius 2 is 1.83 bits per heavy atom. The lowest BCUT2D eigenvalue weighted by Crippen LogP contribution is -2.47. The molecular formula is C16H21NO6. The molecule has 0 saturated heterocycles. The van der Waals surface area contributed by atoms with Gasteiger partial charge in [0.15, 0.2) is 6.61 Å². The summed E-state index contributed by atoms with van der Waals surface area (Å²) in [5.41, 5.74) is 0.210. The first-order valence-corrected chi connectivity index (χ1v) is 7.22. The van der Waals surface area contributed by atoms with Gasteiger partial charge in [-0.25, -0.2) is 9.59 Å². The molecule has 0 saturated carbocycles. The van der Waals surface area contributed by atoms with Gasteiger partial charge in [0.1, 0.15) is 11.8 Å². The molecule has 0 aliphatic carbocycles. The lowest BCUT2D eigenvalue weighted by atomic mass is 9.99. The molecule has 1 aromatic carbocycles. The third-order valence-corrected chi connectivity index (χ3v) is 3.42. The molecule has 2 unspecified atom stereocenters. The van der Waals surface area contributed by atoms with Crippen LogP contribution >= 0.6 is 0 Å². The maximum Gasteiger partial charge on any atom is 0.338 e. The number of nitrogens with one attached hydrogen (secondary N) is 1. The van der Waals surface area contributed by atoms with Crippen LogP contribution in [-0.2, 0) is 19.1 Å². The minimum absolute atomic E-state index is 0.0220. The summed E-state index contributed by atoms with van der Waals surface area (Å²) in [4.78, 5) is 35.3. The predicted octanol–water partition coefficient (Wildman–Crippen LogP) is 1.25. The van der Waals surface area contributed by atoms with Gasteiger partial charge in [0.2, 0.25) is 0 Å². The number of hydrogen-bond donors (Lipinski definition) is 2. The fourth-order valence-corrected chi connectivity index (χ4v) is 1.82. The molecule has 0 fully saturated rings. The minimum Gasteiger partial charge on any atom is -0.508 e. The lowest BCUT2D eigenvalue weighted by molar-refractivity contribution is -0.147. The standard InChI is InChI=1S/C16H21NO6/c1-4-10(2)14(16(21)22-3)17-13(19)9-23-15(20)11-5-7-12(18)8-6-11/h5-8,10,14,18H,4,9H2,1-3H3,(H,17,19). The maximum absolute atomic E-state index is 11.8. The van der Waals surface area contributed by atoms with Crippen LogP contribution < -0.4 is 5.32 Å². The number of rotatable bonds is 7. The van der Waals surface area contributed by atoms with Crippen LogP contribution in [-0.4, -0.2) is 42.7 Å². The quantitative estimate of drug-likeness (QED) is 0.732. The Morgan fingerprint density at radius 3 is 2.35 bits per heavy atom. The molecule has 0 aromatic heterocycles. The Morgan fingerprint density at radius 1 is 1.22 bits per heavy atom.